The van der Waals surface area contributed by atoms with E-state index in [4.69, 9.17) is 11.6 Å². The predicted molar refractivity (Wildman–Crippen MR) is 68.9 cm³/mol. The maximum atomic E-state index is 11.8. The largest absolute Gasteiger partial charge is 0.392 e. The van der Waals surface area contributed by atoms with E-state index in [2.05, 4.69) is 9.71 Å². The molecule has 0 aliphatic rings. The Morgan fingerprint density at radius 1 is 1.56 bits per heavy atom. The van der Waals surface area contributed by atoms with E-state index in [1.165, 1.54) is 10.8 Å². The van der Waals surface area contributed by atoms with Crippen LogP contribution in [0.1, 0.15) is 20.3 Å². The Balaban J connectivity index is 2.66. The Morgan fingerprint density at radius 3 is 2.61 bits per heavy atom. The summed E-state index contributed by atoms with van der Waals surface area (Å²) in [5.41, 5.74) is 0. The van der Waals surface area contributed by atoms with Gasteiger partial charge < -0.3 is 9.67 Å². The van der Waals surface area contributed by atoms with Gasteiger partial charge in [-0.2, -0.15) is 0 Å². The Kier molecular flexibility index (Phi) is 5.15. The van der Waals surface area contributed by atoms with Gasteiger partial charge in [0.05, 0.1) is 6.10 Å². The number of hydrogen-bond donors (Lipinski definition) is 2. The molecule has 0 radical (unpaired) electrons. The minimum atomic E-state index is -3.72. The fraction of sp³-hybridized carbons (Fsp3) is 0.700. The zero-order chi connectivity index (χ0) is 13.9. The molecule has 2 N–H and O–H groups in total. The van der Waals surface area contributed by atoms with Gasteiger partial charge in [0.15, 0.2) is 5.03 Å². The fourth-order valence-corrected chi connectivity index (χ4v) is 2.71. The molecule has 1 heterocycles. The summed E-state index contributed by atoms with van der Waals surface area (Å²) in [5.74, 6) is 0.300. The minimum Gasteiger partial charge on any atom is -0.392 e. The zero-order valence-electron chi connectivity index (χ0n) is 10.6. The first-order valence-corrected chi connectivity index (χ1v) is 7.45. The molecular formula is C10H18ClN3O3S. The first-order valence-electron chi connectivity index (χ1n) is 5.59. The molecule has 1 aromatic heterocycles. The lowest BCUT2D eigenvalue weighted by molar-refractivity contribution is 0.152. The maximum Gasteiger partial charge on any atom is 0.259 e. The molecule has 1 aromatic rings. The van der Waals surface area contributed by atoms with Gasteiger partial charge in [-0.15, -0.1) is 0 Å². The monoisotopic (exact) mass is 295 g/mol. The standard InChI is InChI=1S/C10H18ClN3O3S/c1-7(2)4-8(15)5-12-18(16,17)9-6-14(3)10(11)13-9/h6-8,12,15H,4-5H2,1-3H3. The molecule has 0 spiro atoms. The van der Waals surface area contributed by atoms with Crippen molar-refractivity contribution < 1.29 is 13.5 Å². The third-order valence-electron chi connectivity index (χ3n) is 2.33. The highest BCUT2D eigenvalue weighted by atomic mass is 35.5. The van der Waals surface area contributed by atoms with Gasteiger partial charge in [0.1, 0.15) is 0 Å². The third-order valence-corrected chi connectivity index (χ3v) is 3.97. The van der Waals surface area contributed by atoms with E-state index in [0.29, 0.717) is 12.3 Å². The number of aliphatic hydroxyl groups excluding tert-OH is 1. The van der Waals surface area contributed by atoms with E-state index in [9.17, 15) is 13.5 Å². The van der Waals surface area contributed by atoms with Gasteiger partial charge >= 0.3 is 0 Å². The lowest BCUT2D eigenvalue weighted by Gasteiger charge is -2.13. The molecule has 0 bridgehead atoms. The number of sulfonamides is 1. The van der Waals surface area contributed by atoms with Crippen molar-refractivity contribution in [1.29, 1.82) is 0 Å². The van der Waals surface area contributed by atoms with Gasteiger partial charge in [0.2, 0.25) is 5.28 Å². The van der Waals surface area contributed by atoms with E-state index in [-0.39, 0.29) is 16.9 Å². The van der Waals surface area contributed by atoms with Gasteiger partial charge in [0.25, 0.3) is 10.0 Å². The van der Waals surface area contributed by atoms with Crippen LogP contribution in [0, 0.1) is 5.92 Å². The quantitative estimate of drug-likeness (QED) is 0.811. The number of nitrogens with one attached hydrogen (secondary N) is 1. The average molecular weight is 296 g/mol. The van der Waals surface area contributed by atoms with Gasteiger partial charge in [-0.3, -0.25) is 0 Å². The molecule has 8 heteroatoms. The summed E-state index contributed by atoms with van der Waals surface area (Å²) in [4.78, 5) is 3.72. The highest BCUT2D eigenvalue weighted by Crippen LogP contribution is 2.12. The van der Waals surface area contributed by atoms with Crippen LogP contribution in [0.2, 0.25) is 5.28 Å². The molecule has 1 rings (SSSR count). The Morgan fingerprint density at radius 2 is 2.17 bits per heavy atom. The number of halogens is 1. The van der Waals surface area contributed by atoms with Gasteiger partial charge in [-0.25, -0.2) is 18.1 Å². The molecule has 0 amide bonds. The normalized spacial score (nSPS) is 14.1. The van der Waals surface area contributed by atoms with Gasteiger partial charge in [-0.05, 0) is 23.9 Å². The molecular weight excluding hydrogens is 278 g/mol. The van der Waals surface area contributed by atoms with Crippen molar-refractivity contribution in [3.8, 4) is 0 Å². The number of rotatable bonds is 6. The van der Waals surface area contributed by atoms with Crippen LogP contribution in [0.5, 0.6) is 0 Å². The average Bonchev–Trinajstić information content (AvgIpc) is 2.56. The van der Waals surface area contributed by atoms with Crippen LogP contribution < -0.4 is 4.72 Å². The number of imidazole rings is 1. The molecule has 1 unspecified atom stereocenters. The van der Waals surface area contributed by atoms with Crippen molar-refractivity contribution in [2.75, 3.05) is 6.54 Å². The summed E-state index contributed by atoms with van der Waals surface area (Å²) in [7, 11) is -2.12. The van der Waals surface area contributed by atoms with Crippen LogP contribution >= 0.6 is 11.6 Å². The molecule has 1 atom stereocenters. The molecule has 18 heavy (non-hydrogen) atoms. The highest BCUT2D eigenvalue weighted by molar-refractivity contribution is 7.89. The van der Waals surface area contributed by atoms with Gasteiger partial charge in [0, 0.05) is 19.8 Å². The number of hydrogen-bond acceptors (Lipinski definition) is 4. The van der Waals surface area contributed by atoms with Crippen LogP contribution in [0.15, 0.2) is 11.2 Å². The maximum absolute atomic E-state index is 11.8. The summed E-state index contributed by atoms with van der Waals surface area (Å²) in [6, 6.07) is 0. The second-order valence-corrected chi connectivity index (χ2v) is 6.65. The summed E-state index contributed by atoms with van der Waals surface area (Å²) < 4.78 is 27.4. The highest BCUT2D eigenvalue weighted by Gasteiger charge is 2.20. The molecule has 0 fully saturated rings. The van der Waals surface area contributed by atoms with E-state index >= 15 is 0 Å². The van der Waals surface area contributed by atoms with Crippen molar-refractivity contribution in [1.82, 2.24) is 14.3 Å². The number of nitrogens with zero attached hydrogens (tertiary/aromatic N) is 2. The number of aromatic nitrogens is 2. The topological polar surface area (TPSA) is 84.2 Å². The predicted octanol–water partition coefficient (Wildman–Crippen LogP) is 0.759. The van der Waals surface area contributed by atoms with Crippen LogP contribution in [0.25, 0.3) is 0 Å². The number of aliphatic hydroxyl groups is 1. The van der Waals surface area contributed by atoms with Crippen LogP contribution in [0.4, 0.5) is 0 Å². The second kappa shape index (κ2) is 6.01. The minimum absolute atomic E-state index is 0.0330. The smallest absolute Gasteiger partial charge is 0.259 e. The molecule has 104 valence electrons. The molecule has 6 nitrogen and oxygen atoms in total. The lowest BCUT2D eigenvalue weighted by atomic mass is 10.1. The second-order valence-electron chi connectivity index (χ2n) is 4.59. The third kappa shape index (κ3) is 4.24. The van der Waals surface area contributed by atoms with Crippen LogP contribution in [-0.2, 0) is 17.1 Å². The first-order chi connectivity index (χ1) is 8.22. The first kappa shape index (κ1) is 15.4. The molecule has 0 saturated heterocycles. The van der Waals surface area contributed by atoms with Crippen molar-refractivity contribution >= 4 is 21.6 Å². The molecule has 0 aliphatic heterocycles. The summed E-state index contributed by atoms with van der Waals surface area (Å²) in [5, 5.41) is 9.56. The summed E-state index contributed by atoms with van der Waals surface area (Å²) in [6.45, 7) is 3.88. The van der Waals surface area contributed by atoms with E-state index < -0.39 is 16.1 Å². The Hall–Kier alpha value is -0.630. The SMILES string of the molecule is CC(C)CC(O)CNS(=O)(=O)c1cn(C)c(Cl)n1. The van der Waals surface area contributed by atoms with Crippen LogP contribution in [-0.4, -0.2) is 35.7 Å². The Labute approximate surface area is 112 Å². The van der Waals surface area contributed by atoms with Crippen molar-refractivity contribution in [2.24, 2.45) is 13.0 Å². The van der Waals surface area contributed by atoms with Crippen molar-refractivity contribution in [3.05, 3.63) is 11.5 Å². The number of aryl methyl sites for hydroxylation is 1. The molecule has 0 saturated carbocycles. The van der Waals surface area contributed by atoms with Crippen molar-refractivity contribution in [2.45, 2.75) is 31.4 Å². The summed E-state index contributed by atoms with van der Waals surface area (Å²) in [6.07, 6.45) is 1.14. The van der Waals surface area contributed by atoms with Gasteiger partial charge in [-0.1, -0.05) is 13.8 Å². The molecule has 0 aromatic carbocycles. The zero-order valence-corrected chi connectivity index (χ0v) is 12.2. The van der Waals surface area contributed by atoms with E-state index in [1.54, 1.807) is 7.05 Å². The Bertz CT molecular complexity index is 479. The fourth-order valence-electron chi connectivity index (χ4n) is 1.45. The van der Waals surface area contributed by atoms with Crippen molar-refractivity contribution in [3.63, 3.8) is 0 Å². The van der Waals surface area contributed by atoms with E-state index in [1.807, 2.05) is 13.8 Å². The lowest BCUT2D eigenvalue weighted by Crippen LogP contribution is -2.33. The van der Waals surface area contributed by atoms with Crippen LogP contribution in [0.3, 0.4) is 0 Å². The van der Waals surface area contributed by atoms with E-state index in [0.717, 1.165) is 0 Å². The molecule has 0 aliphatic carbocycles. The summed E-state index contributed by atoms with van der Waals surface area (Å²) >= 11 is 5.68.